The molecule has 0 fully saturated rings. The molecule has 0 heterocycles. The second-order valence-electron chi connectivity index (χ2n) is 7.91. The molecule has 0 radical (unpaired) electrons. The van der Waals surface area contributed by atoms with E-state index in [1.807, 2.05) is 56.3 Å². The van der Waals surface area contributed by atoms with E-state index in [0.717, 1.165) is 11.3 Å². The Morgan fingerprint density at radius 2 is 1.64 bits per heavy atom. The normalized spacial score (nSPS) is 11.2. The molecule has 0 bridgehead atoms. The van der Waals surface area contributed by atoms with Crippen molar-refractivity contribution < 1.29 is 19.1 Å². The van der Waals surface area contributed by atoms with Gasteiger partial charge in [0, 0.05) is 25.3 Å². The van der Waals surface area contributed by atoms with Crippen molar-refractivity contribution in [1.82, 2.24) is 10.7 Å². The van der Waals surface area contributed by atoms with E-state index in [4.69, 9.17) is 9.47 Å². The first-order valence-electron chi connectivity index (χ1n) is 11.4. The number of nitrogens with one attached hydrogen (secondary N) is 2. The number of carbonyl (C=O) groups excluding carboxylic acids is 2. The first-order chi connectivity index (χ1) is 17.4. The number of hydrogen-bond acceptors (Lipinski definition) is 6. The SMILES string of the molecule is CCOc1ccc(C=NNC(=O)C(=Cc2ccc(N(C)C)cc2)NC(=O)c2ccccc2)cc1OC. The van der Waals surface area contributed by atoms with Crippen LogP contribution in [0.4, 0.5) is 5.69 Å². The van der Waals surface area contributed by atoms with E-state index in [0.29, 0.717) is 29.2 Å². The van der Waals surface area contributed by atoms with E-state index >= 15 is 0 Å². The summed E-state index contributed by atoms with van der Waals surface area (Å²) in [5, 5.41) is 6.75. The largest absolute Gasteiger partial charge is 0.493 e. The zero-order valence-electron chi connectivity index (χ0n) is 20.8. The predicted octanol–water partition coefficient (Wildman–Crippen LogP) is 4.08. The van der Waals surface area contributed by atoms with Gasteiger partial charge < -0.3 is 19.7 Å². The van der Waals surface area contributed by atoms with Crippen molar-refractivity contribution in [2.75, 3.05) is 32.7 Å². The third kappa shape index (κ3) is 7.20. The lowest BCUT2D eigenvalue weighted by Crippen LogP contribution is -2.32. The molecule has 2 amide bonds. The number of nitrogens with zero attached hydrogens (tertiary/aromatic N) is 2. The van der Waals surface area contributed by atoms with Crippen LogP contribution in [0.25, 0.3) is 6.08 Å². The summed E-state index contributed by atoms with van der Waals surface area (Å²) in [6.45, 7) is 2.41. The average molecular weight is 487 g/mol. The summed E-state index contributed by atoms with van der Waals surface area (Å²) in [6, 6.07) is 21.6. The van der Waals surface area contributed by atoms with Crippen LogP contribution < -0.4 is 25.1 Å². The van der Waals surface area contributed by atoms with Gasteiger partial charge in [-0.3, -0.25) is 9.59 Å². The van der Waals surface area contributed by atoms with Crippen LogP contribution in [0.2, 0.25) is 0 Å². The molecule has 8 heteroatoms. The standard InChI is InChI=1S/C28H30N4O4/c1-5-36-25-16-13-21(18-26(25)35-4)19-29-31-28(34)24(30-27(33)22-9-7-6-8-10-22)17-20-11-14-23(15-12-20)32(2)3/h6-19H,5H2,1-4H3,(H,30,33)(H,31,34). The summed E-state index contributed by atoms with van der Waals surface area (Å²) in [7, 11) is 5.45. The Hall–Kier alpha value is -4.59. The zero-order chi connectivity index (χ0) is 25.9. The minimum Gasteiger partial charge on any atom is -0.493 e. The molecule has 3 aromatic carbocycles. The topological polar surface area (TPSA) is 92.3 Å². The van der Waals surface area contributed by atoms with E-state index in [1.54, 1.807) is 55.7 Å². The van der Waals surface area contributed by atoms with Crippen LogP contribution in [0.1, 0.15) is 28.4 Å². The molecule has 0 aromatic heterocycles. The Kier molecular flexibility index (Phi) is 9.22. The number of hydrazone groups is 1. The lowest BCUT2D eigenvalue weighted by atomic mass is 10.1. The van der Waals surface area contributed by atoms with Gasteiger partial charge in [0.15, 0.2) is 11.5 Å². The Bertz CT molecular complexity index is 1240. The van der Waals surface area contributed by atoms with Crippen molar-refractivity contribution in [3.63, 3.8) is 0 Å². The quantitative estimate of drug-likeness (QED) is 0.256. The number of anilines is 1. The molecule has 0 aliphatic heterocycles. The fourth-order valence-corrected chi connectivity index (χ4v) is 3.24. The van der Waals surface area contributed by atoms with Crippen molar-refractivity contribution in [3.8, 4) is 11.5 Å². The van der Waals surface area contributed by atoms with Crippen molar-refractivity contribution in [2.24, 2.45) is 5.10 Å². The Balaban J connectivity index is 1.80. The summed E-state index contributed by atoms with van der Waals surface area (Å²) < 4.78 is 10.9. The van der Waals surface area contributed by atoms with Crippen LogP contribution in [-0.2, 0) is 4.79 Å². The Morgan fingerprint density at radius 3 is 2.28 bits per heavy atom. The van der Waals surface area contributed by atoms with Crippen molar-refractivity contribution in [3.05, 3.63) is 95.2 Å². The number of rotatable bonds is 10. The second kappa shape index (κ2) is 12.8. The smallest absolute Gasteiger partial charge is 0.287 e. The van der Waals surface area contributed by atoms with Gasteiger partial charge in [-0.15, -0.1) is 0 Å². The van der Waals surface area contributed by atoms with Gasteiger partial charge in [0.25, 0.3) is 11.8 Å². The molecule has 0 aliphatic rings. The zero-order valence-corrected chi connectivity index (χ0v) is 20.8. The summed E-state index contributed by atoms with van der Waals surface area (Å²) >= 11 is 0. The molecule has 2 N–H and O–H groups in total. The highest BCUT2D eigenvalue weighted by atomic mass is 16.5. The number of ether oxygens (including phenoxy) is 2. The molecule has 36 heavy (non-hydrogen) atoms. The van der Waals surface area contributed by atoms with Crippen LogP contribution in [0.15, 0.2) is 83.6 Å². The summed E-state index contributed by atoms with van der Waals surface area (Å²) in [5.74, 6) is 0.214. The highest BCUT2D eigenvalue weighted by Crippen LogP contribution is 2.27. The van der Waals surface area contributed by atoms with Crippen molar-refractivity contribution in [2.45, 2.75) is 6.92 Å². The van der Waals surface area contributed by atoms with Crippen LogP contribution in [0.3, 0.4) is 0 Å². The highest BCUT2D eigenvalue weighted by Gasteiger charge is 2.14. The lowest BCUT2D eigenvalue weighted by molar-refractivity contribution is -0.117. The van der Waals surface area contributed by atoms with Crippen molar-refractivity contribution >= 4 is 29.8 Å². The third-order valence-electron chi connectivity index (χ3n) is 5.12. The summed E-state index contributed by atoms with van der Waals surface area (Å²) in [4.78, 5) is 27.7. The number of hydrogen-bond donors (Lipinski definition) is 2. The van der Waals surface area contributed by atoms with Crippen LogP contribution in [0.5, 0.6) is 11.5 Å². The van der Waals surface area contributed by atoms with E-state index in [1.165, 1.54) is 6.21 Å². The van der Waals surface area contributed by atoms with Gasteiger partial charge in [0.1, 0.15) is 5.70 Å². The van der Waals surface area contributed by atoms with Gasteiger partial charge in [-0.05, 0) is 66.6 Å². The summed E-state index contributed by atoms with van der Waals surface area (Å²) in [6.07, 6.45) is 3.09. The minimum absolute atomic E-state index is 0.0582. The molecule has 3 aromatic rings. The molecule has 8 nitrogen and oxygen atoms in total. The molecular formula is C28H30N4O4. The highest BCUT2D eigenvalue weighted by molar-refractivity contribution is 6.05. The van der Waals surface area contributed by atoms with E-state index in [-0.39, 0.29) is 5.70 Å². The van der Waals surface area contributed by atoms with Crippen molar-refractivity contribution in [1.29, 1.82) is 0 Å². The van der Waals surface area contributed by atoms with E-state index in [2.05, 4.69) is 15.8 Å². The fraction of sp³-hybridized carbons (Fsp3) is 0.179. The predicted molar refractivity (Wildman–Crippen MR) is 143 cm³/mol. The molecule has 0 spiro atoms. The molecule has 3 rings (SSSR count). The molecule has 186 valence electrons. The molecule has 0 unspecified atom stereocenters. The van der Waals surface area contributed by atoms with Gasteiger partial charge >= 0.3 is 0 Å². The first-order valence-corrected chi connectivity index (χ1v) is 11.4. The van der Waals surface area contributed by atoms with Gasteiger partial charge in [0.2, 0.25) is 0 Å². The van der Waals surface area contributed by atoms with E-state index < -0.39 is 11.8 Å². The molecular weight excluding hydrogens is 456 g/mol. The maximum atomic E-state index is 13.0. The van der Waals surface area contributed by atoms with Gasteiger partial charge in [-0.25, -0.2) is 5.43 Å². The monoisotopic (exact) mass is 486 g/mol. The Morgan fingerprint density at radius 1 is 0.944 bits per heavy atom. The molecule has 0 atom stereocenters. The van der Waals surface area contributed by atoms with Crippen LogP contribution >= 0.6 is 0 Å². The second-order valence-corrected chi connectivity index (χ2v) is 7.91. The van der Waals surface area contributed by atoms with Crippen LogP contribution in [-0.4, -0.2) is 45.8 Å². The first kappa shape index (κ1) is 26.0. The lowest BCUT2D eigenvalue weighted by Gasteiger charge is -2.13. The minimum atomic E-state index is -0.565. The van der Waals surface area contributed by atoms with Gasteiger partial charge in [0.05, 0.1) is 19.9 Å². The maximum absolute atomic E-state index is 13.0. The van der Waals surface area contributed by atoms with Crippen LogP contribution in [0, 0.1) is 0 Å². The number of methoxy groups -OCH3 is 1. The summed E-state index contributed by atoms with van der Waals surface area (Å²) in [5.41, 5.74) is 5.44. The molecule has 0 saturated heterocycles. The maximum Gasteiger partial charge on any atom is 0.287 e. The fourth-order valence-electron chi connectivity index (χ4n) is 3.24. The number of amides is 2. The number of benzene rings is 3. The average Bonchev–Trinajstić information content (AvgIpc) is 2.89. The van der Waals surface area contributed by atoms with E-state index in [9.17, 15) is 9.59 Å². The molecule has 0 aliphatic carbocycles. The third-order valence-corrected chi connectivity index (χ3v) is 5.12. The van der Waals surface area contributed by atoms with Gasteiger partial charge in [-0.1, -0.05) is 30.3 Å². The molecule has 0 saturated carbocycles. The Labute approximate surface area is 211 Å². The van der Waals surface area contributed by atoms with Gasteiger partial charge in [-0.2, -0.15) is 5.10 Å². The number of carbonyl (C=O) groups is 2.